The Balaban J connectivity index is 1.77. The summed E-state index contributed by atoms with van der Waals surface area (Å²) in [7, 11) is 0. The molecule has 3 N–H and O–H groups in total. The van der Waals surface area contributed by atoms with Crippen LogP contribution in [-0.4, -0.2) is 69.9 Å². The van der Waals surface area contributed by atoms with E-state index >= 15 is 0 Å². The maximum atomic E-state index is 13.4. The third kappa shape index (κ3) is 6.32. The van der Waals surface area contributed by atoms with Crippen molar-refractivity contribution in [3.8, 4) is 0 Å². The minimum absolute atomic E-state index is 0.0927. The molecule has 2 aliphatic rings. The number of ether oxygens (including phenoxy) is 1. The van der Waals surface area contributed by atoms with Crippen molar-refractivity contribution in [1.82, 2.24) is 15.1 Å². The maximum Gasteiger partial charge on any atom is 0.449 e. The van der Waals surface area contributed by atoms with Gasteiger partial charge < -0.3 is 19.9 Å². The van der Waals surface area contributed by atoms with Gasteiger partial charge in [0.05, 0.1) is 12.1 Å². The number of amides is 2. The van der Waals surface area contributed by atoms with Crippen molar-refractivity contribution in [2.24, 2.45) is 0 Å². The lowest BCUT2D eigenvalue weighted by Crippen LogP contribution is -2.62. The first-order chi connectivity index (χ1) is 16.2. The molecule has 2 heterocycles. The fourth-order valence-corrected chi connectivity index (χ4v) is 4.63. The molecular weight excluding hydrogens is 463 g/mol. The number of piperazine rings is 1. The quantitative estimate of drug-likeness (QED) is 0.424. The van der Waals surface area contributed by atoms with Crippen molar-refractivity contribution in [2.75, 3.05) is 6.54 Å². The molecule has 0 saturated carbocycles. The predicted octanol–water partition coefficient (Wildman–Crippen LogP) is 4.01. The lowest BCUT2D eigenvalue weighted by Gasteiger charge is -2.42. The molecule has 2 fully saturated rings. The largest absolute Gasteiger partial charge is 0.449 e. The van der Waals surface area contributed by atoms with E-state index in [1.165, 1.54) is 4.90 Å². The van der Waals surface area contributed by atoms with E-state index in [1.807, 2.05) is 31.2 Å². The van der Waals surface area contributed by atoms with E-state index in [1.54, 1.807) is 20.8 Å². The Morgan fingerprint density at radius 2 is 1.86 bits per heavy atom. The molecule has 2 saturated heterocycles. The van der Waals surface area contributed by atoms with Crippen LogP contribution in [0.25, 0.3) is 0 Å². The molecule has 2 aliphatic heterocycles. The van der Waals surface area contributed by atoms with Crippen molar-refractivity contribution in [3.63, 3.8) is 0 Å². The molecule has 1 aromatic carbocycles. The maximum absolute atomic E-state index is 13.4. The summed E-state index contributed by atoms with van der Waals surface area (Å²) >= 11 is 0. The first-order valence-corrected chi connectivity index (χ1v) is 11.5. The van der Waals surface area contributed by atoms with E-state index in [0.717, 1.165) is 11.1 Å². The van der Waals surface area contributed by atoms with Crippen LogP contribution < -0.4 is 5.32 Å². The second kappa shape index (κ2) is 9.87. The summed E-state index contributed by atoms with van der Waals surface area (Å²) in [6, 6.07) is 5.61. The summed E-state index contributed by atoms with van der Waals surface area (Å²) < 4.78 is 44.6. The van der Waals surface area contributed by atoms with Gasteiger partial charge in [-0.2, -0.15) is 13.2 Å². The van der Waals surface area contributed by atoms with Gasteiger partial charge in [-0.3, -0.25) is 15.6 Å². The number of hydrogen-bond donors (Lipinski definition) is 3. The van der Waals surface area contributed by atoms with Crippen LogP contribution in [0.1, 0.15) is 51.2 Å². The Morgan fingerprint density at radius 1 is 1.20 bits per heavy atom. The number of nitrogens with zero attached hydrogens (tertiary/aromatic N) is 2. The molecule has 0 radical (unpaired) electrons. The summed E-state index contributed by atoms with van der Waals surface area (Å²) in [6.07, 6.45) is -4.45. The molecular formula is C24H32F3N5O3. The summed E-state index contributed by atoms with van der Waals surface area (Å²) in [6.45, 7) is 6.87. The molecule has 2 bridgehead atoms. The number of hydrogen-bond acceptors (Lipinski definition) is 5. The normalized spacial score (nSPS) is 21.1. The molecule has 192 valence electrons. The van der Waals surface area contributed by atoms with Gasteiger partial charge >= 0.3 is 12.3 Å². The van der Waals surface area contributed by atoms with Crippen LogP contribution >= 0.6 is 0 Å². The van der Waals surface area contributed by atoms with Gasteiger partial charge in [-0.15, -0.1) is 0 Å². The number of likely N-dealkylation sites (tertiary alicyclic amines) is 1. The van der Waals surface area contributed by atoms with E-state index < -0.39 is 47.7 Å². The first kappa shape index (κ1) is 26.5. The van der Waals surface area contributed by atoms with Gasteiger partial charge in [-0.1, -0.05) is 24.3 Å². The molecule has 11 heteroatoms. The minimum atomic E-state index is -4.87. The standard InChI is InChI=1S/C24H32F3N5O3/c1-14-7-5-6-8-15(14)11-16(30-22(34)35-23(2,3)4)12-19(33)32-17-9-10-18(32)20(28)31(13-17)21(29)24(25,26)27/h5-8,16-18,28-29H,9-13H2,1-4H3,(H,30,34)/t16?,17-,18?/m0/s1. The number of alkyl halides is 3. The summed E-state index contributed by atoms with van der Waals surface area (Å²) in [5, 5.41) is 18.5. The highest BCUT2D eigenvalue weighted by atomic mass is 19.4. The van der Waals surface area contributed by atoms with Crippen molar-refractivity contribution < 1.29 is 27.5 Å². The highest BCUT2D eigenvalue weighted by Crippen LogP contribution is 2.34. The van der Waals surface area contributed by atoms with E-state index in [9.17, 15) is 22.8 Å². The fraction of sp³-hybridized carbons (Fsp3) is 0.583. The Hall–Kier alpha value is -3.11. The summed E-state index contributed by atoms with van der Waals surface area (Å²) in [4.78, 5) is 28.0. The Kier molecular flexibility index (Phi) is 7.47. The van der Waals surface area contributed by atoms with E-state index in [-0.39, 0.29) is 18.9 Å². The molecule has 2 amide bonds. The lowest BCUT2D eigenvalue weighted by atomic mass is 9.98. The SMILES string of the molecule is Cc1ccccc1CC(CC(=O)N1C2CC[C@H]1CN(C(=N)C(F)(F)F)C2=N)NC(=O)OC(C)(C)C. The molecule has 3 atom stereocenters. The molecule has 1 aromatic rings. The molecule has 0 spiro atoms. The number of halogens is 3. The van der Waals surface area contributed by atoms with Crippen LogP contribution in [0.3, 0.4) is 0 Å². The smallest absolute Gasteiger partial charge is 0.444 e. The van der Waals surface area contributed by atoms with Gasteiger partial charge in [0, 0.05) is 19.0 Å². The van der Waals surface area contributed by atoms with Crippen LogP contribution in [0.2, 0.25) is 0 Å². The van der Waals surface area contributed by atoms with Crippen LogP contribution in [0, 0.1) is 17.7 Å². The van der Waals surface area contributed by atoms with Crippen LogP contribution in [0.15, 0.2) is 24.3 Å². The fourth-order valence-electron chi connectivity index (χ4n) is 4.63. The van der Waals surface area contributed by atoms with Crippen molar-refractivity contribution in [2.45, 2.75) is 83.3 Å². The van der Waals surface area contributed by atoms with E-state index in [4.69, 9.17) is 15.6 Å². The molecule has 3 rings (SSSR count). The third-order valence-electron chi connectivity index (χ3n) is 6.20. The van der Waals surface area contributed by atoms with Gasteiger partial charge in [-0.05, 0) is 58.1 Å². The average molecular weight is 496 g/mol. The number of fused-ring (bicyclic) bond motifs is 2. The number of nitrogens with one attached hydrogen (secondary N) is 3. The number of aryl methyl sites for hydroxylation is 1. The number of rotatable bonds is 5. The molecule has 35 heavy (non-hydrogen) atoms. The van der Waals surface area contributed by atoms with Crippen molar-refractivity contribution in [3.05, 3.63) is 35.4 Å². The van der Waals surface area contributed by atoms with E-state index in [0.29, 0.717) is 24.2 Å². The summed E-state index contributed by atoms with van der Waals surface area (Å²) in [5.74, 6) is -2.34. The van der Waals surface area contributed by atoms with E-state index in [2.05, 4.69) is 5.32 Å². The number of carbonyl (C=O) groups excluding carboxylic acids is 2. The van der Waals surface area contributed by atoms with Crippen LogP contribution in [0.4, 0.5) is 18.0 Å². The number of carbonyl (C=O) groups is 2. The zero-order chi connectivity index (χ0) is 26.1. The van der Waals surface area contributed by atoms with Crippen molar-refractivity contribution >= 4 is 23.7 Å². The molecule has 8 nitrogen and oxygen atoms in total. The Labute approximate surface area is 202 Å². The predicted molar refractivity (Wildman–Crippen MR) is 125 cm³/mol. The minimum Gasteiger partial charge on any atom is -0.444 e. The topological polar surface area (TPSA) is 110 Å². The summed E-state index contributed by atoms with van der Waals surface area (Å²) in [5.41, 5.74) is 1.21. The average Bonchev–Trinajstić information content (AvgIpc) is 3.07. The first-order valence-electron chi connectivity index (χ1n) is 11.5. The lowest BCUT2D eigenvalue weighted by molar-refractivity contribution is -0.134. The molecule has 0 aromatic heterocycles. The third-order valence-corrected chi connectivity index (χ3v) is 6.20. The van der Waals surface area contributed by atoms with Crippen LogP contribution in [0.5, 0.6) is 0 Å². The Morgan fingerprint density at radius 3 is 2.46 bits per heavy atom. The van der Waals surface area contributed by atoms with Crippen molar-refractivity contribution in [1.29, 1.82) is 10.8 Å². The van der Waals surface area contributed by atoms with Gasteiger partial charge in [0.2, 0.25) is 11.7 Å². The number of amidine groups is 2. The van der Waals surface area contributed by atoms with Gasteiger partial charge in [-0.25, -0.2) is 4.79 Å². The zero-order valence-corrected chi connectivity index (χ0v) is 20.3. The molecule has 2 unspecified atom stereocenters. The number of alkyl carbamates (subject to hydrolysis) is 1. The second-order valence-electron chi connectivity index (χ2n) is 10.1. The Bertz CT molecular complexity index is 1000. The highest BCUT2D eigenvalue weighted by Gasteiger charge is 2.51. The zero-order valence-electron chi connectivity index (χ0n) is 20.3. The number of benzene rings is 1. The van der Waals surface area contributed by atoms with Gasteiger partial charge in [0.15, 0.2) is 0 Å². The van der Waals surface area contributed by atoms with Gasteiger partial charge in [0.25, 0.3) is 0 Å². The monoisotopic (exact) mass is 495 g/mol. The van der Waals surface area contributed by atoms with Crippen LogP contribution in [-0.2, 0) is 16.0 Å². The molecule has 0 aliphatic carbocycles. The second-order valence-corrected chi connectivity index (χ2v) is 10.1. The van der Waals surface area contributed by atoms with Gasteiger partial charge in [0.1, 0.15) is 11.4 Å². The highest BCUT2D eigenvalue weighted by molar-refractivity contribution is 6.05.